The quantitative estimate of drug-likeness (QED) is 0.681. The molecule has 2 rings (SSSR count). The number of rotatable bonds is 7. The molecule has 0 atom stereocenters. The zero-order chi connectivity index (χ0) is 14.4. The van der Waals surface area contributed by atoms with Crippen molar-refractivity contribution in [1.82, 2.24) is 18.6 Å². The van der Waals surface area contributed by atoms with Gasteiger partial charge in [0.2, 0.25) is 0 Å². The van der Waals surface area contributed by atoms with Gasteiger partial charge in [-0.15, -0.1) is 0 Å². The number of hydrogen-bond acceptors (Lipinski definition) is 4. The molecule has 0 saturated carbocycles. The van der Waals surface area contributed by atoms with E-state index in [0.29, 0.717) is 32.1 Å². The molecule has 1 aliphatic rings. The molecule has 114 valence electrons. The second-order valence-electron chi connectivity index (χ2n) is 5.13. The van der Waals surface area contributed by atoms with Gasteiger partial charge in [0.1, 0.15) is 0 Å². The molecule has 20 heavy (non-hydrogen) atoms. The van der Waals surface area contributed by atoms with Gasteiger partial charge in [0.25, 0.3) is 10.2 Å². The topological polar surface area (TPSA) is 93.2 Å². The van der Waals surface area contributed by atoms with Gasteiger partial charge in [-0.3, -0.25) is 0 Å². The Bertz CT molecular complexity index is 480. The van der Waals surface area contributed by atoms with E-state index < -0.39 is 10.2 Å². The van der Waals surface area contributed by atoms with Crippen molar-refractivity contribution in [3.63, 3.8) is 0 Å². The van der Waals surface area contributed by atoms with Gasteiger partial charge in [0.05, 0.1) is 6.33 Å². The molecular weight excluding hydrogens is 278 g/mol. The molecule has 7 nitrogen and oxygen atoms in total. The lowest BCUT2D eigenvalue weighted by atomic mass is 9.99. The minimum atomic E-state index is -3.34. The van der Waals surface area contributed by atoms with Crippen LogP contribution in [0.3, 0.4) is 0 Å². The SMILES string of the molecule is NCC1CCN(S(=O)(=O)NCCCn2ccnc2)CC1. The van der Waals surface area contributed by atoms with E-state index in [1.54, 1.807) is 12.5 Å². The normalized spacial score (nSPS) is 18.4. The van der Waals surface area contributed by atoms with E-state index in [2.05, 4.69) is 9.71 Å². The Kier molecular flexibility index (Phi) is 5.53. The number of aryl methyl sites for hydroxylation is 1. The molecule has 0 unspecified atom stereocenters. The smallest absolute Gasteiger partial charge is 0.279 e. The average molecular weight is 301 g/mol. The molecule has 2 heterocycles. The minimum Gasteiger partial charge on any atom is -0.337 e. The summed E-state index contributed by atoms with van der Waals surface area (Å²) in [6.45, 7) is 2.98. The Hall–Kier alpha value is -0.960. The highest BCUT2D eigenvalue weighted by Crippen LogP contribution is 2.17. The predicted molar refractivity (Wildman–Crippen MR) is 77.1 cm³/mol. The fraction of sp³-hybridized carbons (Fsp3) is 0.750. The lowest BCUT2D eigenvalue weighted by Gasteiger charge is -2.30. The molecule has 1 fully saturated rings. The monoisotopic (exact) mass is 301 g/mol. The predicted octanol–water partition coefficient (Wildman–Crippen LogP) is -0.222. The van der Waals surface area contributed by atoms with Crippen molar-refractivity contribution in [3.05, 3.63) is 18.7 Å². The number of aromatic nitrogens is 2. The molecule has 1 saturated heterocycles. The van der Waals surface area contributed by atoms with Crippen LogP contribution >= 0.6 is 0 Å². The van der Waals surface area contributed by atoms with Crippen LogP contribution in [0, 0.1) is 5.92 Å². The van der Waals surface area contributed by atoms with Crippen LogP contribution in [0.2, 0.25) is 0 Å². The maximum absolute atomic E-state index is 12.1. The molecule has 1 aromatic heterocycles. The summed E-state index contributed by atoms with van der Waals surface area (Å²) in [5.74, 6) is 0.461. The van der Waals surface area contributed by atoms with Crippen molar-refractivity contribution in [2.45, 2.75) is 25.8 Å². The van der Waals surface area contributed by atoms with E-state index in [1.807, 2.05) is 10.8 Å². The fourth-order valence-electron chi connectivity index (χ4n) is 2.36. The number of nitrogens with two attached hydrogens (primary N) is 1. The fourth-order valence-corrected chi connectivity index (χ4v) is 3.63. The van der Waals surface area contributed by atoms with Crippen LogP contribution in [-0.4, -0.2) is 48.5 Å². The summed E-state index contributed by atoms with van der Waals surface area (Å²) in [6.07, 6.45) is 7.76. The third kappa shape index (κ3) is 4.27. The van der Waals surface area contributed by atoms with Gasteiger partial charge in [0.15, 0.2) is 0 Å². The second kappa shape index (κ2) is 7.16. The summed E-state index contributed by atoms with van der Waals surface area (Å²) >= 11 is 0. The van der Waals surface area contributed by atoms with Gasteiger partial charge in [0, 0.05) is 38.6 Å². The number of hydrogen-bond donors (Lipinski definition) is 2. The second-order valence-corrected chi connectivity index (χ2v) is 6.89. The van der Waals surface area contributed by atoms with Crippen LogP contribution in [0.25, 0.3) is 0 Å². The van der Waals surface area contributed by atoms with Crippen molar-refractivity contribution in [2.75, 3.05) is 26.2 Å². The van der Waals surface area contributed by atoms with Crippen molar-refractivity contribution in [2.24, 2.45) is 11.7 Å². The van der Waals surface area contributed by atoms with Gasteiger partial charge < -0.3 is 10.3 Å². The molecule has 0 amide bonds. The average Bonchev–Trinajstić information content (AvgIpc) is 2.97. The first kappa shape index (κ1) is 15.4. The van der Waals surface area contributed by atoms with Crippen LogP contribution < -0.4 is 10.5 Å². The Labute approximate surface area is 120 Å². The molecule has 0 bridgehead atoms. The van der Waals surface area contributed by atoms with Crippen LogP contribution in [-0.2, 0) is 16.8 Å². The molecule has 0 spiro atoms. The number of nitrogens with zero attached hydrogens (tertiary/aromatic N) is 3. The minimum absolute atomic E-state index is 0.442. The highest BCUT2D eigenvalue weighted by atomic mass is 32.2. The van der Waals surface area contributed by atoms with Gasteiger partial charge in [-0.2, -0.15) is 12.7 Å². The van der Waals surface area contributed by atoms with Gasteiger partial charge in [-0.25, -0.2) is 9.71 Å². The zero-order valence-corrected chi connectivity index (χ0v) is 12.4. The Morgan fingerprint density at radius 3 is 2.70 bits per heavy atom. The maximum atomic E-state index is 12.1. The van der Waals surface area contributed by atoms with Gasteiger partial charge in [-0.1, -0.05) is 0 Å². The third-order valence-corrected chi connectivity index (χ3v) is 5.30. The van der Waals surface area contributed by atoms with Gasteiger partial charge >= 0.3 is 0 Å². The van der Waals surface area contributed by atoms with E-state index in [9.17, 15) is 8.42 Å². The van der Waals surface area contributed by atoms with E-state index in [0.717, 1.165) is 25.8 Å². The van der Waals surface area contributed by atoms with E-state index in [1.165, 1.54) is 4.31 Å². The van der Waals surface area contributed by atoms with Crippen molar-refractivity contribution in [3.8, 4) is 0 Å². The highest BCUT2D eigenvalue weighted by molar-refractivity contribution is 7.87. The largest absolute Gasteiger partial charge is 0.337 e. The van der Waals surface area contributed by atoms with Crippen LogP contribution in [0.4, 0.5) is 0 Å². The Balaban J connectivity index is 1.71. The van der Waals surface area contributed by atoms with E-state index in [-0.39, 0.29) is 0 Å². The highest BCUT2D eigenvalue weighted by Gasteiger charge is 2.26. The molecule has 0 radical (unpaired) electrons. The maximum Gasteiger partial charge on any atom is 0.279 e. The standard InChI is InChI=1S/C12H23N5O2S/c13-10-12-2-7-17(8-3-12)20(18,19)15-4-1-6-16-9-5-14-11-16/h5,9,11-12,15H,1-4,6-8,10,13H2. The summed E-state index contributed by atoms with van der Waals surface area (Å²) in [6, 6.07) is 0. The van der Waals surface area contributed by atoms with Crippen LogP contribution in [0.15, 0.2) is 18.7 Å². The number of imidazole rings is 1. The lowest BCUT2D eigenvalue weighted by molar-refractivity contribution is 0.275. The molecule has 8 heteroatoms. The molecule has 1 aromatic rings. The summed E-state index contributed by atoms with van der Waals surface area (Å²) in [7, 11) is -3.34. The zero-order valence-electron chi connectivity index (χ0n) is 11.6. The van der Waals surface area contributed by atoms with Crippen LogP contribution in [0.1, 0.15) is 19.3 Å². The Morgan fingerprint density at radius 2 is 2.10 bits per heavy atom. The molecule has 1 aliphatic heterocycles. The molecular formula is C12H23N5O2S. The summed E-state index contributed by atoms with van der Waals surface area (Å²) in [4.78, 5) is 3.94. The van der Waals surface area contributed by atoms with Crippen molar-refractivity contribution in [1.29, 1.82) is 0 Å². The number of nitrogens with one attached hydrogen (secondary N) is 1. The molecule has 0 aromatic carbocycles. The Morgan fingerprint density at radius 1 is 1.35 bits per heavy atom. The third-order valence-electron chi connectivity index (χ3n) is 3.68. The first-order valence-corrected chi connectivity index (χ1v) is 8.46. The van der Waals surface area contributed by atoms with Crippen molar-refractivity contribution >= 4 is 10.2 Å². The first-order valence-electron chi connectivity index (χ1n) is 7.02. The lowest BCUT2D eigenvalue weighted by Crippen LogP contribution is -2.46. The number of piperidine rings is 1. The molecule has 3 N–H and O–H groups in total. The van der Waals surface area contributed by atoms with Crippen LogP contribution in [0.5, 0.6) is 0 Å². The molecule has 0 aliphatic carbocycles. The van der Waals surface area contributed by atoms with Gasteiger partial charge in [-0.05, 0) is 31.7 Å². The summed E-state index contributed by atoms with van der Waals surface area (Å²) < 4.78 is 30.3. The summed E-state index contributed by atoms with van der Waals surface area (Å²) in [5.41, 5.74) is 5.61. The van der Waals surface area contributed by atoms with E-state index in [4.69, 9.17) is 5.73 Å². The first-order chi connectivity index (χ1) is 9.62. The van der Waals surface area contributed by atoms with Crippen molar-refractivity contribution < 1.29 is 8.42 Å². The summed E-state index contributed by atoms with van der Waals surface area (Å²) in [5, 5.41) is 0. The van der Waals surface area contributed by atoms with E-state index >= 15 is 0 Å².